The van der Waals surface area contributed by atoms with E-state index >= 15 is 0 Å². The number of hydrogen-bond donors (Lipinski definition) is 2. The zero-order valence-corrected chi connectivity index (χ0v) is 13.5. The van der Waals surface area contributed by atoms with Gasteiger partial charge in [0, 0.05) is 6.07 Å². The first-order chi connectivity index (χ1) is 11.7. The molecular weight excluding hydrogens is 302 g/mol. The van der Waals surface area contributed by atoms with Crippen LogP contribution in [0.1, 0.15) is 43.4 Å². The lowest BCUT2D eigenvalue weighted by Crippen LogP contribution is -2.38. The van der Waals surface area contributed by atoms with Gasteiger partial charge >= 0.3 is 0 Å². The number of carbonyl (C=O) groups is 1. The molecule has 0 aliphatic heterocycles. The second-order valence-corrected chi connectivity index (χ2v) is 7.02. The highest BCUT2D eigenvalue weighted by Gasteiger charge is 2.72. The van der Waals surface area contributed by atoms with Crippen molar-refractivity contribution in [1.82, 2.24) is 15.3 Å². The molecular formula is C19H21N3O2. The molecule has 24 heavy (non-hydrogen) atoms. The molecule has 4 rings (SSSR count). The minimum absolute atomic E-state index is 0.0673. The molecule has 0 saturated heterocycles. The SMILES string of the molecule is O=C(NCc1cc(=O)[nH]cn1)[C@@]1(c2ccccc2)CC12CCCC2. The first-order valence-electron chi connectivity index (χ1n) is 8.54. The summed E-state index contributed by atoms with van der Waals surface area (Å²) in [6.07, 6.45) is 6.96. The fraction of sp³-hybridized carbons (Fsp3) is 0.421. The van der Waals surface area contributed by atoms with Crippen molar-refractivity contribution in [2.45, 2.75) is 44.1 Å². The van der Waals surface area contributed by atoms with Crippen LogP contribution in [0.25, 0.3) is 0 Å². The largest absolute Gasteiger partial charge is 0.350 e. The number of amides is 1. The molecule has 2 fully saturated rings. The number of nitrogens with zero attached hydrogens (tertiary/aromatic N) is 1. The maximum absolute atomic E-state index is 13.1. The first kappa shape index (κ1) is 15.1. The summed E-state index contributed by atoms with van der Waals surface area (Å²) in [5.41, 5.74) is 1.21. The highest BCUT2D eigenvalue weighted by atomic mass is 16.2. The van der Waals surface area contributed by atoms with Crippen LogP contribution in [0.3, 0.4) is 0 Å². The Morgan fingerprint density at radius 2 is 1.96 bits per heavy atom. The summed E-state index contributed by atoms with van der Waals surface area (Å²) in [5.74, 6) is 0.0673. The van der Waals surface area contributed by atoms with Gasteiger partial charge < -0.3 is 10.3 Å². The molecule has 1 spiro atoms. The van der Waals surface area contributed by atoms with E-state index in [1.807, 2.05) is 18.2 Å². The van der Waals surface area contributed by atoms with Gasteiger partial charge in [0.25, 0.3) is 5.56 Å². The number of nitrogens with one attached hydrogen (secondary N) is 2. The van der Waals surface area contributed by atoms with E-state index in [2.05, 4.69) is 27.4 Å². The topological polar surface area (TPSA) is 74.8 Å². The highest BCUT2D eigenvalue weighted by molar-refractivity contribution is 5.93. The van der Waals surface area contributed by atoms with E-state index in [4.69, 9.17) is 0 Å². The molecule has 2 N–H and O–H groups in total. The fourth-order valence-electron chi connectivity index (χ4n) is 4.53. The molecule has 5 nitrogen and oxygen atoms in total. The standard InChI is InChI=1S/C19H21N3O2/c23-16-10-15(21-13-22-16)11-20-17(24)19(14-6-2-1-3-7-14)12-18(19)8-4-5-9-18/h1-3,6-7,10,13H,4-5,8-9,11-12H2,(H,20,24)(H,21,22,23)/t19-/m0/s1. The fourth-order valence-corrected chi connectivity index (χ4v) is 4.53. The Morgan fingerprint density at radius 3 is 2.67 bits per heavy atom. The normalized spacial score (nSPS) is 24.0. The van der Waals surface area contributed by atoms with E-state index in [9.17, 15) is 9.59 Å². The van der Waals surface area contributed by atoms with Crippen LogP contribution in [0, 0.1) is 5.41 Å². The smallest absolute Gasteiger partial charge is 0.250 e. The van der Waals surface area contributed by atoms with Crippen molar-refractivity contribution in [2.24, 2.45) is 5.41 Å². The molecule has 0 bridgehead atoms. The molecule has 2 aliphatic carbocycles. The maximum Gasteiger partial charge on any atom is 0.250 e. The van der Waals surface area contributed by atoms with Gasteiger partial charge in [-0.1, -0.05) is 43.2 Å². The molecule has 2 aliphatic rings. The molecule has 1 heterocycles. The van der Waals surface area contributed by atoms with Gasteiger partial charge in [0.15, 0.2) is 0 Å². The van der Waals surface area contributed by atoms with Crippen molar-refractivity contribution in [2.75, 3.05) is 0 Å². The van der Waals surface area contributed by atoms with Gasteiger partial charge in [0.1, 0.15) is 0 Å². The van der Waals surface area contributed by atoms with Crippen LogP contribution in [0.5, 0.6) is 0 Å². The Balaban J connectivity index is 1.59. The molecule has 0 unspecified atom stereocenters. The second-order valence-electron chi connectivity index (χ2n) is 7.02. The van der Waals surface area contributed by atoms with Crippen molar-refractivity contribution in [3.05, 3.63) is 64.3 Å². The Bertz CT molecular complexity index is 809. The first-order valence-corrected chi connectivity index (χ1v) is 8.54. The predicted octanol–water partition coefficient (Wildman–Crippen LogP) is 2.29. The van der Waals surface area contributed by atoms with Crippen LogP contribution in [-0.2, 0) is 16.8 Å². The minimum Gasteiger partial charge on any atom is -0.350 e. The highest BCUT2D eigenvalue weighted by Crippen LogP contribution is 2.72. The van der Waals surface area contributed by atoms with Crippen LogP contribution >= 0.6 is 0 Å². The second kappa shape index (κ2) is 5.58. The molecule has 1 aromatic heterocycles. The number of rotatable bonds is 4. The molecule has 1 atom stereocenters. The third kappa shape index (κ3) is 2.27. The zero-order valence-electron chi connectivity index (χ0n) is 13.5. The number of benzene rings is 1. The summed E-state index contributed by atoms with van der Waals surface area (Å²) in [4.78, 5) is 31.1. The Hall–Kier alpha value is -2.43. The van der Waals surface area contributed by atoms with E-state index in [1.165, 1.54) is 25.2 Å². The van der Waals surface area contributed by atoms with Crippen LogP contribution < -0.4 is 10.9 Å². The van der Waals surface area contributed by atoms with Crippen LogP contribution in [0.2, 0.25) is 0 Å². The van der Waals surface area contributed by atoms with Crippen molar-refractivity contribution in [1.29, 1.82) is 0 Å². The van der Waals surface area contributed by atoms with Gasteiger partial charge in [-0.15, -0.1) is 0 Å². The lowest BCUT2D eigenvalue weighted by molar-refractivity contribution is -0.124. The molecule has 1 amide bonds. The molecule has 2 saturated carbocycles. The molecule has 124 valence electrons. The van der Waals surface area contributed by atoms with Gasteiger partial charge in [-0.3, -0.25) is 9.59 Å². The van der Waals surface area contributed by atoms with Gasteiger partial charge in [0.2, 0.25) is 5.91 Å². The summed E-state index contributed by atoms with van der Waals surface area (Å²) < 4.78 is 0. The molecule has 0 radical (unpaired) electrons. The number of hydrogen-bond acceptors (Lipinski definition) is 3. The molecule has 5 heteroatoms. The summed E-state index contributed by atoms with van der Waals surface area (Å²) in [5, 5.41) is 3.02. The van der Waals surface area contributed by atoms with Crippen molar-refractivity contribution < 1.29 is 4.79 Å². The monoisotopic (exact) mass is 323 g/mol. The van der Waals surface area contributed by atoms with Crippen molar-refractivity contribution in [3.63, 3.8) is 0 Å². The number of aromatic amines is 1. The van der Waals surface area contributed by atoms with E-state index < -0.39 is 5.41 Å². The van der Waals surface area contributed by atoms with Crippen LogP contribution in [-0.4, -0.2) is 15.9 Å². The van der Waals surface area contributed by atoms with Crippen molar-refractivity contribution >= 4 is 5.91 Å². The van der Waals surface area contributed by atoms with Crippen LogP contribution in [0.4, 0.5) is 0 Å². The number of aromatic nitrogens is 2. The summed E-state index contributed by atoms with van der Waals surface area (Å²) >= 11 is 0. The summed E-state index contributed by atoms with van der Waals surface area (Å²) in [7, 11) is 0. The van der Waals surface area contributed by atoms with E-state index in [0.29, 0.717) is 5.69 Å². The van der Waals surface area contributed by atoms with Gasteiger partial charge in [-0.25, -0.2) is 4.98 Å². The minimum atomic E-state index is -0.411. The lowest BCUT2D eigenvalue weighted by atomic mass is 9.84. The van der Waals surface area contributed by atoms with Gasteiger partial charge in [-0.2, -0.15) is 0 Å². The number of carbonyl (C=O) groups excluding carboxylic acids is 1. The van der Waals surface area contributed by atoms with E-state index in [1.54, 1.807) is 0 Å². The van der Waals surface area contributed by atoms with E-state index in [-0.39, 0.29) is 23.4 Å². The Labute approximate surface area is 140 Å². The molecule has 1 aromatic carbocycles. The van der Waals surface area contributed by atoms with Gasteiger partial charge in [-0.05, 0) is 30.2 Å². The quantitative estimate of drug-likeness (QED) is 0.906. The zero-order chi connectivity index (χ0) is 16.6. The third-order valence-corrected chi connectivity index (χ3v) is 5.76. The Kier molecular flexibility index (Phi) is 3.52. The van der Waals surface area contributed by atoms with Gasteiger partial charge in [0.05, 0.1) is 24.0 Å². The predicted molar refractivity (Wildman–Crippen MR) is 90.3 cm³/mol. The van der Waals surface area contributed by atoms with E-state index in [0.717, 1.165) is 24.8 Å². The number of H-pyrrole nitrogens is 1. The van der Waals surface area contributed by atoms with Crippen LogP contribution in [0.15, 0.2) is 47.5 Å². The third-order valence-electron chi connectivity index (χ3n) is 5.76. The average Bonchev–Trinajstić information content (AvgIpc) is 3.01. The average molecular weight is 323 g/mol. The lowest BCUT2D eigenvalue weighted by Gasteiger charge is -2.22. The molecule has 2 aromatic rings. The van der Waals surface area contributed by atoms with Crippen molar-refractivity contribution in [3.8, 4) is 0 Å². The summed E-state index contributed by atoms with van der Waals surface area (Å²) in [6, 6.07) is 11.6. The Morgan fingerprint density at radius 1 is 1.21 bits per heavy atom. The summed E-state index contributed by atoms with van der Waals surface area (Å²) in [6.45, 7) is 0.285. The maximum atomic E-state index is 13.1.